The van der Waals surface area contributed by atoms with Crippen LogP contribution in [-0.2, 0) is 29.1 Å². The van der Waals surface area contributed by atoms with Crippen molar-refractivity contribution in [3.05, 3.63) is 11.6 Å². The first-order valence-electron chi connectivity index (χ1n) is 6.94. The molecule has 0 aliphatic carbocycles. The van der Waals surface area contributed by atoms with Crippen molar-refractivity contribution in [2.75, 3.05) is 0 Å². The fourth-order valence-electron chi connectivity index (χ4n) is 2.37. The molecule has 1 aromatic rings. The van der Waals surface area contributed by atoms with E-state index in [1.54, 1.807) is 0 Å². The van der Waals surface area contributed by atoms with Crippen molar-refractivity contribution < 1.29 is 9.59 Å². The maximum Gasteiger partial charge on any atom is 0.243 e. The van der Waals surface area contributed by atoms with Crippen molar-refractivity contribution in [1.82, 2.24) is 25.4 Å². The minimum Gasteiger partial charge on any atom is -0.347 e. The van der Waals surface area contributed by atoms with Crippen LogP contribution in [0.5, 0.6) is 0 Å². The summed E-state index contributed by atoms with van der Waals surface area (Å²) in [6, 6.07) is -0.520. The van der Waals surface area contributed by atoms with E-state index in [1.807, 2.05) is 18.4 Å². The van der Waals surface area contributed by atoms with Gasteiger partial charge in [0, 0.05) is 19.9 Å². The van der Waals surface area contributed by atoms with Gasteiger partial charge in [0.25, 0.3) is 0 Å². The fourth-order valence-corrected chi connectivity index (χ4v) is 2.37. The van der Waals surface area contributed by atoms with Crippen LogP contribution < -0.4 is 10.6 Å². The van der Waals surface area contributed by atoms with Gasteiger partial charge >= 0.3 is 0 Å². The minimum atomic E-state index is -0.520. The Hall–Kier alpha value is -1.92. The van der Waals surface area contributed by atoms with Gasteiger partial charge in [0.2, 0.25) is 11.8 Å². The topological polar surface area (TPSA) is 88.9 Å². The Balaban J connectivity index is 1.94. The molecule has 110 valence electrons. The smallest absolute Gasteiger partial charge is 0.243 e. The monoisotopic (exact) mass is 279 g/mol. The second kappa shape index (κ2) is 6.02. The van der Waals surface area contributed by atoms with Crippen molar-refractivity contribution in [2.45, 2.75) is 52.7 Å². The molecular formula is C13H21N5O2. The van der Waals surface area contributed by atoms with Gasteiger partial charge < -0.3 is 15.2 Å². The molecule has 0 saturated carbocycles. The Morgan fingerprint density at radius 1 is 1.35 bits per heavy atom. The number of rotatable bonds is 5. The molecule has 7 nitrogen and oxygen atoms in total. The molecule has 0 spiro atoms. The number of hydrogen-bond donors (Lipinski definition) is 2. The Labute approximate surface area is 118 Å². The van der Waals surface area contributed by atoms with E-state index in [0.29, 0.717) is 6.54 Å². The van der Waals surface area contributed by atoms with E-state index in [0.717, 1.165) is 31.0 Å². The summed E-state index contributed by atoms with van der Waals surface area (Å²) in [6.45, 7) is 6.46. The first-order valence-corrected chi connectivity index (χ1v) is 6.94. The average Bonchev–Trinajstić information content (AvgIpc) is 2.95. The Morgan fingerprint density at radius 2 is 2.10 bits per heavy atom. The highest BCUT2D eigenvalue weighted by Gasteiger charge is 2.24. The number of aryl methyl sites for hydroxylation is 1. The number of hydrogen-bond acceptors (Lipinski definition) is 4. The molecule has 7 heteroatoms. The van der Waals surface area contributed by atoms with E-state index < -0.39 is 6.04 Å². The Bertz CT molecular complexity index is 509. The van der Waals surface area contributed by atoms with E-state index in [9.17, 15) is 9.59 Å². The summed E-state index contributed by atoms with van der Waals surface area (Å²) in [5.74, 6) is 1.39. The van der Waals surface area contributed by atoms with Gasteiger partial charge in [-0.15, -0.1) is 10.2 Å². The van der Waals surface area contributed by atoms with Gasteiger partial charge in [0.15, 0.2) is 5.82 Å². The lowest BCUT2D eigenvalue weighted by Gasteiger charge is -2.20. The van der Waals surface area contributed by atoms with E-state index in [1.165, 1.54) is 6.92 Å². The quantitative estimate of drug-likeness (QED) is 0.794. The number of aromatic nitrogens is 3. The van der Waals surface area contributed by atoms with Gasteiger partial charge in [0.05, 0.1) is 6.54 Å². The van der Waals surface area contributed by atoms with E-state index >= 15 is 0 Å². The first-order chi connectivity index (χ1) is 9.49. The summed E-state index contributed by atoms with van der Waals surface area (Å²) in [6.07, 6.45) is 2.02. The Kier molecular flexibility index (Phi) is 4.36. The van der Waals surface area contributed by atoms with Crippen molar-refractivity contribution in [3.63, 3.8) is 0 Å². The van der Waals surface area contributed by atoms with Gasteiger partial charge in [-0.2, -0.15) is 0 Å². The van der Waals surface area contributed by atoms with E-state index in [2.05, 4.69) is 20.8 Å². The zero-order chi connectivity index (χ0) is 14.7. The Morgan fingerprint density at radius 3 is 2.75 bits per heavy atom. The second-order valence-corrected chi connectivity index (χ2v) is 5.43. The molecule has 0 bridgehead atoms. The van der Waals surface area contributed by atoms with E-state index in [4.69, 9.17) is 0 Å². The molecule has 0 unspecified atom stereocenters. The van der Waals surface area contributed by atoms with E-state index in [-0.39, 0.29) is 17.7 Å². The van der Waals surface area contributed by atoms with Gasteiger partial charge in [-0.1, -0.05) is 13.8 Å². The number of nitrogens with one attached hydrogen (secondary N) is 2. The number of fused-ring (bicyclic) bond motifs is 1. The van der Waals surface area contributed by atoms with Crippen LogP contribution in [0.1, 0.15) is 38.8 Å². The molecule has 1 aliphatic rings. The maximum atomic E-state index is 12.1. The average molecular weight is 279 g/mol. The fraction of sp³-hybridized carbons (Fsp3) is 0.692. The molecule has 1 aliphatic heterocycles. The summed E-state index contributed by atoms with van der Waals surface area (Å²) in [4.78, 5) is 23.3. The van der Waals surface area contributed by atoms with Crippen LogP contribution in [0.15, 0.2) is 0 Å². The lowest BCUT2D eigenvalue weighted by Crippen LogP contribution is -2.49. The normalized spacial score (nSPS) is 15.0. The zero-order valence-corrected chi connectivity index (χ0v) is 12.1. The SMILES string of the molecule is CC(=O)N[C@@H](C(=O)NCc1nnc2n1CCC2)C(C)C. The summed E-state index contributed by atoms with van der Waals surface area (Å²) >= 11 is 0. The predicted octanol–water partition coefficient (Wildman–Crippen LogP) is 0.00120. The summed E-state index contributed by atoms with van der Waals surface area (Å²) in [7, 11) is 0. The molecule has 0 fully saturated rings. The molecule has 2 amide bonds. The first kappa shape index (κ1) is 14.5. The largest absolute Gasteiger partial charge is 0.347 e. The van der Waals surface area contributed by atoms with Gasteiger partial charge in [0.1, 0.15) is 11.9 Å². The molecule has 2 rings (SSSR count). The number of amides is 2. The van der Waals surface area contributed by atoms with Crippen molar-refractivity contribution in [2.24, 2.45) is 5.92 Å². The molecular weight excluding hydrogens is 258 g/mol. The van der Waals surface area contributed by atoms with Crippen molar-refractivity contribution in [3.8, 4) is 0 Å². The highest BCUT2D eigenvalue weighted by molar-refractivity contribution is 5.86. The van der Waals surface area contributed by atoms with Crippen LogP contribution in [0.4, 0.5) is 0 Å². The van der Waals surface area contributed by atoms with Crippen LogP contribution >= 0.6 is 0 Å². The molecule has 1 atom stereocenters. The maximum absolute atomic E-state index is 12.1. The third kappa shape index (κ3) is 3.15. The van der Waals surface area contributed by atoms with Crippen LogP contribution in [0.25, 0.3) is 0 Å². The summed E-state index contributed by atoms with van der Waals surface area (Å²) in [5.41, 5.74) is 0. The van der Waals surface area contributed by atoms with Crippen molar-refractivity contribution in [1.29, 1.82) is 0 Å². The highest BCUT2D eigenvalue weighted by atomic mass is 16.2. The standard InChI is InChI=1S/C13H21N5O2/c1-8(2)12(15-9(3)19)13(20)14-7-11-17-16-10-5-4-6-18(10)11/h8,12H,4-7H2,1-3H3,(H,14,20)(H,15,19)/t12-/m1/s1. The zero-order valence-electron chi connectivity index (χ0n) is 12.1. The third-order valence-corrected chi connectivity index (χ3v) is 3.41. The minimum absolute atomic E-state index is 0.0306. The molecule has 0 radical (unpaired) electrons. The lowest BCUT2D eigenvalue weighted by atomic mass is 10.0. The molecule has 0 aromatic carbocycles. The summed E-state index contributed by atoms with van der Waals surface area (Å²) in [5, 5.41) is 13.7. The van der Waals surface area contributed by atoms with Crippen LogP contribution in [0.2, 0.25) is 0 Å². The van der Waals surface area contributed by atoms with Gasteiger partial charge in [-0.25, -0.2) is 0 Å². The van der Waals surface area contributed by atoms with Gasteiger partial charge in [-0.3, -0.25) is 9.59 Å². The third-order valence-electron chi connectivity index (χ3n) is 3.41. The number of nitrogens with zero attached hydrogens (tertiary/aromatic N) is 3. The molecule has 20 heavy (non-hydrogen) atoms. The summed E-state index contributed by atoms with van der Waals surface area (Å²) < 4.78 is 2.04. The van der Waals surface area contributed by atoms with Crippen LogP contribution in [0.3, 0.4) is 0 Å². The van der Waals surface area contributed by atoms with Gasteiger partial charge in [-0.05, 0) is 12.3 Å². The molecule has 1 aromatic heterocycles. The van der Waals surface area contributed by atoms with Crippen molar-refractivity contribution >= 4 is 11.8 Å². The molecule has 2 heterocycles. The highest BCUT2D eigenvalue weighted by Crippen LogP contribution is 2.13. The molecule has 2 N–H and O–H groups in total. The lowest BCUT2D eigenvalue weighted by molar-refractivity contribution is -0.129. The second-order valence-electron chi connectivity index (χ2n) is 5.43. The number of carbonyl (C=O) groups is 2. The molecule has 0 saturated heterocycles. The van der Waals surface area contributed by atoms with Crippen LogP contribution in [-0.4, -0.2) is 32.6 Å². The van der Waals surface area contributed by atoms with Crippen LogP contribution in [0, 0.1) is 5.92 Å². The number of carbonyl (C=O) groups excluding carboxylic acids is 2. The predicted molar refractivity (Wildman–Crippen MR) is 72.6 cm³/mol.